The summed E-state index contributed by atoms with van der Waals surface area (Å²) in [6, 6.07) is 13.7. The summed E-state index contributed by atoms with van der Waals surface area (Å²) in [4.78, 5) is 17.2. The van der Waals surface area contributed by atoms with Crippen LogP contribution in [0.2, 0.25) is 10.0 Å². The van der Waals surface area contributed by atoms with E-state index in [4.69, 9.17) is 23.2 Å². The maximum absolute atomic E-state index is 13.1. The molecule has 0 unspecified atom stereocenters. The van der Waals surface area contributed by atoms with E-state index in [9.17, 15) is 4.79 Å². The standard InChI is InChI=1S/C19H18Cl2N2O/c1-12-4-2-5-13(10-12)18-22-9-3-6-17(22)19(24)23(18)14-7-8-15(20)16(21)11-14/h2,4-5,7-8,10-11,17-18H,3,6,9H2,1H3/t17-,18+/m0/s1. The van der Waals surface area contributed by atoms with Gasteiger partial charge in [-0.2, -0.15) is 0 Å². The van der Waals surface area contributed by atoms with Crippen molar-refractivity contribution in [2.75, 3.05) is 11.4 Å². The average Bonchev–Trinajstić information content (AvgIpc) is 3.12. The van der Waals surface area contributed by atoms with Gasteiger partial charge in [-0.25, -0.2) is 0 Å². The third kappa shape index (κ3) is 2.52. The number of fused-ring (bicyclic) bond motifs is 1. The second-order valence-electron chi connectivity index (χ2n) is 6.49. The lowest BCUT2D eigenvalue weighted by Crippen LogP contribution is -2.32. The summed E-state index contributed by atoms with van der Waals surface area (Å²) in [7, 11) is 0. The van der Waals surface area contributed by atoms with Crippen molar-refractivity contribution in [2.45, 2.75) is 32.0 Å². The third-order valence-electron chi connectivity index (χ3n) is 4.90. The highest BCUT2D eigenvalue weighted by Crippen LogP contribution is 2.43. The van der Waals surface area contributed by atoms with Crippen LogP contribution in [0.15, 0.2) is 42.5 Å². The van der Waals surface area contributed by atoms with Gasteiger partial charge in [0.25, 0.3) is 0 Å². The van der Waals surface area contributed by atoms with E-state index < -0.39 is 0 Å². The number of nitrogens with zero attached hydrogens (tertiary/aromatic N) is 2. The lowest BCUT2D eigenvalue weighted by atomic mass is 10.1. The molecule has 0 aromatic heterocycles. The van der Waals surface area contributed by atoms with E-state index >= 15 is 0 Å². The van der Waals surface area contributed by atoms with E-state index in [2.05, 4.69) is 30.0 Å². The molecule has 0 bridgehead atoms. The number of hydrogen-bond donors (Lipinski definition) is 0. The van der Waals surface area contributed by atoms with Crippen LogP contribution in [0.25, 0.3) is 0 Å². The Hall–Kier alpha value is -1.55. The Morgan fingerprint density at radius 1 is 1.08 bits per heavy atom. The van der Waals surface area contributed by atoms with Gasteiger partial charge in [0.2, 0.25) is 5.91 Å². The first-order chi connectivity index (χ1) is 11.6. The van der Waals surface area contributed by atoms with E-state index in [0.717, 1.165) is 30.6 Å². The molecule has 3 nitrogen and oxygen atoms in total. The number of amides is 1. The molecule has 2 aromatic rings. The Kier molecular flexibility index (Phi) is 4.03. The van der Waals surface area contributed by atoms with Crippen molar-refractivity contribution in [1.82, 2.24) is 4.90 Å². The molecule has 24 heavy (non-hydrogen) atoms. The monoisotopic (exact) mass is 360 g/mol. The summed E-state index contributed by atoms with van der Waals surface area (Å²) in [5, 5.41) is 0.969. The lowest BCUT2D eigenvalue weighted by molar-refractivity contribution is -0.119. The zero-order valence-electron chi connectivity index (χ0n) is 13.4. The highest BCUT2D eigenvalue weighted by molar-refractivity contribution is 6.42. The largest absolute Gasteiger partial charge is 0.290 e. The van der Waals surface area contributed by atoms with Crippen LogP contribution in [-0.4, -0.2) is 23.4 Å². The average molecular weight is 361 g/mol. The normalized spacial score (nSPS) is 23.8. The van der Waals surface area contributed by atoms with Gasteiger partial charge in [0.1, 0.15) is 6.17 Å². The number of carbonyl (C=O) groups is 1. The van der Waals surface area contributed by atoms with Gasteiger partial charge in [0.05, 0.1) is 16.1 Å². The van der Waals surface area contributed by atoms with Gasteiger partial charge in [-0.15, -0.1) is 0 Å². The van der Waals surface area contributed by atoms with Crippen molar-refractivity contribution in [3.8, 4) is 0 Å². The summed E-state index contributed by atoms with van der Waals surface area (Å²) >= 11 is 12.2. The maximum atomic E-state index is 13.1. The van der Waals surface area contributed by atoms with Crippen molar-refractivity contribution in [1.29, 1.82) is 0 Å². The van der Waals surface area contributed by atoms with Crippen molar-refractivity contribution >= 4 is 34.8 Å². The molecule has 2 saturated heterocycles. The van der Waals surface area contributed by atoms with Gasteiger partial charge < -0.3 is 0 Å². The Morgan fingerprint density at radius 3 is 2.67 bits per heavy atom. The molecule has 1 amide bonds. The minimum absolute atomic E-state index is 0.0371. The zero-order valence-corrected chi connectivity index (χ0v) is 14.9. The molecule has 0 saturated carbocycles. The predicted molar refractivity (Wildman–Crippen MR) is 97.6 cm³/mol. The van der Waals surface area contributed by atoms with E-state index in [1.165, 1.54) is 5.56 Å². The quantitative estimate of drug-likeness (QED) is 0.766. The lowest BCUT2D eigenvalue weighted by Gasteiger charge is -2.30. The molecule has 0 radical (unpaired) electrons. The Balaban J connectivity index is 1.83. The van der Waals surface area contributed by atoms with Crippen LogP contribution in [0, 0.1) is 6.92 Å². The number of aryl methyl sites for hydroxylation is 1. The van der Waals surface area contributed by atoms with Crippen molar-refractivity contribution in [3.63, 3.8) is 0 Å². The minimum atomic E-state index is -0.0813. The van der Waals surface area contributed by atoms with Gasteiger partial charge in [-0.05, 0) is 43.5 Å². The second kappa shape index (κ2) is 6.07. The summed E-state index contributed by atoms with van der Waals surface area (Å²) < 4.78 is 0. The Bertz CT molecular complexity index is 808. The predicted octanol–water partition coefficient (Wildman–Crippen LogP) is 4.81. The molecule has 2 heterocycles. The Labute approximate surface area is 151 Å². The van der Waals surface area contributed by atoms with Crippen LogP contribution in [0.3, 0.4) is 0 Å². The summed E-state index contributed by atoms with van der Waals surface area (Å²) in [6.07, 6.45) is 1.90. The molecule has 4 rings (SSSR count). The summed E-state index contributed by atoms with van der Waals surface area (Å²) in [5.74, 6) is 0.150. The van der Waals surface area contributed by atoms with Gasteiger partial charge in [0, 0.05) is 12.2 Å². The number of halogens is 2. The molecule has 2 aliphatic heterocycles. The fraction of sp³-hybridized carbons (Fsp3) is 0.316. The van der Waals surface area contributed by atoms with E-state index in [1.54, 1.807) is 12.1 Å². The van der Waals surface area contributed by atoms with Crippen molar-refractivity contribution in [2.24, 2.45) is 0 Å². The first kappa shape index (κ1) is 15.9. The maximum Gasteiger partial charge on any atom is 0.246 e. The van der Waals surface area contributed by atoms with Crippen molar-refractivity contribution < 1.29 is 4.79 Å². The molecule has 5 heteroatoms. The fourth-order valence-electron chi connectivity index (χ4n) is 3.85. The van der Waals surface area contributed by atoms with E-state index in [1.807, 2.05) is 17.0 Å². The molecule has 124 valence electrons. The molecule has 0 N–H and O–H groups in total. The Morgan fingerprint density at radius 2 is 1.92 bits per heavy atom. The molecule has 0 aliphatic carbocycles. The molecular formula is C19H18Cl2N2O. The number of carbonyl (C=O) groups excluding carboxylic acids is 1. The smallest absolute Gasteiger partial charge is 0.246 e. The molecule has 2 atom stereocenters. The molecular weight excluding hydrogens is 343 g/mol. The van der Waals surface area contributed by atoms with Gasteiger partial charge in [-0.1, -0.05) is 53.0 Å². The first-order valence-corrected chi connectivity index (χ1v) is 8.92. The van der Waals surface area contributed by atoms with Crippen LogP contribution >= 0.6 is 23.2 Å². The van der Waals surface area contributed by atoms with Gasteiger partial charge in [-0.3, -0.25) is 14.6 Å². The molecule has 0 spiro atoms. The second-order valence-corrected chi connectivity index (χ2v) is 7.30. The first-order valence-electron chi connectivity index (χ1n) is 8.17. The van der Waals surface area contributed by atoms with Gasteiger partial charge >= 0.3 is 0 Å². The van der Waals surface area contributed by atoms with E-state index in [-0.39, 0.29) is 18.1 Å². The number of anilines is 1. The molecule has 2 aromatic carbocycles. The van der Waals surface area contributed by atoms with Gasteiger partial charge in [0.15, 0.2) is 0 Å². The highest BCUT2D eigenvalue weighted by Gasteiger charge is 2.49. The summed E-state index contributed by atoms with van der Waals surface area (Å²) in [6.45, 7) is 3.01. The molecule has 2 fully saturated rings. The van der Waals surface area contributed by atoms with Crippen LogP contribution in [0.4, 0.5) is 5.69 Å². The topological polar surface area (TPSA) is 23.6 Å². The SMILES string of the molecule is Cc1cccc([C@H]2N(c3ccc(Cl)c(Cl)c3)C(=O)[C@@H]3CCCN32)c1. The van der Waals surface area contributed by atoms with Crippen LogP contribution in [0.1, 0.15) is 30.1 Å². The highest BCUT2D eigenvalue weighted by atomic mass is 35.5. The summed E-state index contributed by atoms with van der Waals surface area (Å²) in [5.41, 5.74) is 3.13. The van der Waals surface area contributed by atoms with Crippen LogP contribution < -0.4 is 4.90 Å². The fourth-order valence-corrected chi connectivity index (χ4v) is 4.14. The molecule has 2 aliphatic rings. The minimum Gasteiger partial charge on any atom is -0.290 e. The van der Waals surface area contributed by atoms with Crippen LogP contribution in [0.5, 0.6) is 0 Å². The van der Waals surface area contributed by atoms with Crippen molar-refractivity contribution in [3.05, 3.63) is 63.6 Å². The number of rotatable bonds is 2. The zero-order chi connectivity index (χ0) is 16.8. The number of benzene rings is 2. The third-order valence-corrected chi connectivity index (χ3v) is 5.64. The number of hydrogen-bond acceptors (Lipinski definition) is 2. The van der Waals surface area contributed by atoms with E-state index in [0.29, 0.717) is 10.0 Å². The van der Waals surface area contributed by atoms with Crippen LogP contribution in [-0.2, 0) is 4.79 Å².